The summed E-state index contributed by atoms with van der Waals surface area (Å²) in [5, 5.41) is 7.80. The van der Waals surface area contributed by atoms with Gasteiger partial charge >= 0.3 is 0 Å². The Morgan fingerprint density at radius 3 is 2.73 bits per heavy atom. The van der Waals surface area contributed by atoms with Crippen molar-refractivity contribution in [1.82, 2.24) is 9.78 Å². The lowest BCUT2D eigenvalue weighted by Crippen LogP contribution is -2.21. The second-order valence-corrected chi connectivity index (χ2v) is 6.98. The van der Waals surface area contributed by atoms with Crippen LogP contribution in [0.3, 0.4) is 0 Å². The van der Waals surface area contributed by atoms with Gasteiger partial charge in [-0.25, -0.2) is 0 Å². The van der Waals surface area contributed by atoms with E-state index in [0.717, 1.165) is 11.1 Å². The molecule has 0 atom stereocenters. The second-order valence-electron chi connectivity index (χ2n) is 5.72. The summed E-state index contributed by atoms with van der Waals surface area (Å²) in [4.78, 5) is 12.1. The van der Waals surface area contributed by atoms with Crippen molar-refractivity contribution in [3.8, 4) is 5.75 Å². The highest BCUT2D eigenvalue weighted by atomic mass is 79.9. The maximum Gasteiger partial charge on any atom is 0.263 e. The summed E-state index contributed by atoms with van der Waals surface area (Å²) in [5.74, 6) is 0.846. The molecular weight excluding hydrogens is 418 g/mol. The molecule has 0 aliphatic heterocycles. The molecule has 1 heterocycles. The van der Waals surface area contributed by atoms with Crippen LogP contribution in [0.2, 0.25) is 5.02 Å². The third kappa shape index (κ3) is 4.65. The number of nitrogens with zero attached hydrogens (tertiary/aromatic N) is 2. The van der Waals surface area contributed by atoms with Crippen molar-refractivity contribution in [1.29, 1.82) is 0 Å². The van der Waals surface area contributed by atoms with E-state index in [4.69, 9.17) is 16.3 Å². The lowest BCUT2D eigenvalue weighted by atomic mass is 10.2. The van der Waals surface area contributed by atoms with Crippen molar-refractivity contribution >= 4 is 39.3 Å². The van der Waals surface area contributed by atoms with Crippen LogP contribution < -0.4 is 10.1 Å². The number of carbonyl (C=O) groups is 1. The van der Waals surface area contributed by atoms with Gasteiger partial charge in [-0.1, -0.05) is 48.0 Å². The van der Waals surface area contributed by atoms with Crippen LogP contribution in [0.15, 0.2) is 59.2 Å². The van der Waals surface area contributed by atoms with Crippen LogP contribution in [-0.2, 0) is 11.3 Å². The summed E-state index contributed by atoms with van der Waals surface area (Å²) in [5.41, 5.74) is 1.93. The van der Waals surface area contributed by atoms with Crippen LogP contribution in [0.25, 0.3) is 0 Å². The summed E-state index contributed by atoms with van der Waals surface area (Å²) in [6.45, 7) is 2.35. The van der Waals surface area contributed by atoms with Gasteiger partial charge in [0.2, 0.25) is 0 Å². The fourth-order valence-electron chi connectivity index (χ4n) is 2.39. The zero-order valence-electron chi connectivity index (χ0n) is 14.1. The molecule has 1 aromatic heterocycles. The molecule has 1 N–H and O–H groups in total. The van der Waals surface area contributed by atoms with Gasteiger partial charge in [0.25, 0.3) is 5.91 Å². The van der Waals surface area contributed by atoms with E-state index in [9.17, 15) is 4.79 Å². The average molecular weight is 435 g/mol. The van der Waals surface area contributed by atoms with Crippen LogP contribution in [0.4, 0.5) is 5.82 Å². The molecule has 5 nitrogen and oxygen atoms in total. The summed E-state index contributed by atoms with van der Waals surface area (Å²) >= 11 is 9.59. The predicted octanol–water partition coefficient (Wildman–Crippen LogP) is 4.67. The topological polar surface area (TPSA) is 56.1 Å². The Bertz CT molecular complexity index is 927. The molecule has 134 valence electrons. The Hall–Kier alpha value is -2.31. The molecule has 0 fully saturated rings. The molecule has 0 saturated heterocycles. The van der Waals surface area contributed by atoms with Crippen molar-refractivity contribution in [2.45, 2.75) is 13.5 Å². The van der Waals surface area contributed by atoms with Gasteiger partial charge in [-0.2, -0.15) is 5.10 Å². The molecule has 0 aliphatic carbocycles. The number of rotatable bonds is 6. The Balaban J connectivity index is 1.61. The number of hydrogen-bond acceptors (Lipinski definition) is 3. The van der Waals surface area contributed by atoms with E-state index in [2.05, 4.69) is 26.3 Å². The van der Waals surface area contributed by atoms with Crippen molar-refractivity contribution in [2.75, 3.05) is 11.9 Å². The number of hydrogen-bond donors (Lipinski definition) is 1. The molecule has 0 bridgehead atoms. The van der Waals surface area contributed by atoms with Crippen molar-refractivity contribution in [3.05, 3.63) is 75.4 Å². The zero-order chi connectivity index (χ0) is 18.5. The highest BCUT2D eigenvalue weighted by Crippen LogP contribution is 2.23. The van der Waals surface area contributed by atoms with Crippen molar-refractivity contribution in [3.63, 3.8) is 0 Å². The van der Waals surface area contributed by atoms with Gasteiger partial charge in [-0.05, 0) is 46.1 Å². The summed E-state index contributed by atoms with van der Waals surface area (Å²) in [7, 11) is 0. The molecule has 1 amide bonds. The van der Waals surface area contributed by atoms with Gasteiger partial charge in [0.1, 0.15) is 5.75 Å². The largest absolute Gasteiger partial charge is 0.483 e. The van der Waals surface area contributed by atoms with E-state index in [1.807, 2.05) is 55.5 Å². The van der Waals surface area contributed by atoms with Crippen LogP contribution in [-0.4, -0.2) is 22.3 Å². The first-order valence-corrected chi connectivity index (χ1v) is 9.14. The minimum absolute atomic E-state index is 0.0886. The number of halogens is 2. The van der Waals surface area contributed by atoms with E-state index >= 15 is 0 Å². The maximum absolute atomic E-state index is 12.1. The Morgan fingerprint density at radius 1 is 1.23 bits per heavy atom. The molecule has 0 radical (unpaired) electrons. The average Bonchev–Trinajstić information content (AvgIpc) is 2.95. The zero-order valence-corrected chi connectivity index (χ0v) is 16.4. The van der Waals surface area contributed by atoms with E-state index in [1.54, 1.807) is 10.9 Å². The van der Waals surface area contributed by atoms with Crippen molar-refractivity contribution < 1.29 is 9.53 Å². The lowest BCUT2D eigenvalue weighted by Gasteiger charge is -2.08. The first-order chi connectivity index (χ1) is 12.5. The molecular formula is C19H17BrClN3O2. The molecule has 3 aromatic rings. The molecule has 7 heteroatoms. The van der Waals surface area contributed by atoms with Gasteiger partial charge in [-0.15, -0.1) is 0 Å². The highest BCUT2D eigenvalue weighted by molar-refractivity contribution is 9.10. The highest BCUT2D eigenvalue weighted by Gasteiger charge is 2.12. The van der Waals surface area contributed by atoms with Crippen molar-refractivity contribution in [2.24, 2.45) is 0 Å². The Labute approximate surface area is 165 Å². The van der Waals surface area contributed by atoms with Crippen LogP contribution in [0.1, 0.15) is 11.1 Å². The minimum atomic E-state index is -0.281. The second kappa shape index (κ2) is 8.38. The van der Waals surface area contributed by atoms with Gasteiger partial charge in [0.15, 0.2) is 12.4 Å². The summed E-state index contributed by atoms with van der Waals surface area (Å²) in [6.07, 6.45) is 1.79. The number of anilines is 1. The Kier molecular flexibility index (Phi) is 5.96. The number of para-hydroxylation sites is 1. The van der Waals surface area contributed by atoms with Crippen LogP contribution in [0, 0.1) is 6.92 Å². The normalized spacial score (nSPS) is 10.6. The number of carbonyl (C=O) groups excluding carboxylic acids is 1. The minimum Gasteiger partial charge on any atom is -0.483 e. The third-order valence-corrected chi connectivity index (χ3v) is 4.67. The maximum atomic E-state index is 12.1. The van der Waals surface area contributed by atoms with Gasteiger partial charge in [-0.3, -0.25) is 9.48 Å². The van der Waals surface area contributed by atoms with Gasteiger partial charge < -0.3 is 10.1 Å². The molecule has 0 aliphatic rings. The molecule has 0 spiro atoms. The van der Waals surface area contributed by atoms with Crippen LogP contribution >= 0.6 is 27.5 Å². The number of aryl methyl sites for hydroxylation is 1. The first-order valence-electron chi connectivity index (χ1n) is 7.97. The number of benzene rings is 2. The fourth-order valence-corrected chi connectivity index (χ4v) is 3.00. The number of nitrogens with one attached hydrogen (secondary N) is 1. The molecule has 26 heavy (non-hydrogen) atoms. The smallest absolute Gasteiger partial charge is 0.263 e. The van der Waals surface area contributed by atoms with Crippen LogP contribution in [0.5, 0.6) is 5.75 Å². The SMILES string of the molecule is Cc1ccccc1OCC(=O)Nc1nn(Cc2ccccc2Cl)cc1Br. The number of ether oxygens (including phenoxy) is 1. The quantitative estimate of drug-likeness (QED) is 0.613. The third-order valence-electron chi connectivity index (χ3n) is 3.72. The van der Waals surface area contributed by atoms with Gasteiger partial charge in [0, 0.05) is 11.2 Å². The van der Waals surface area contributed by atoms with E-state index in [0.29, 0.717) is 27.6 Å². The molecule has 2 aromatic carbocycles. The number of amides is 1. The summed E-state index contributed by atoms with van der Waals surface area (Å²) in [6, 6.07) is 15.1. The first kappa shape index (κ1) is 18.5. The van der Waals surface area contributed by atoms with E-state index in [-0.39, 0.29) is 12.5 Å². The van der Waals surface area contributed by atoms with E-state index < -0.39 is 0 Å². The standard InChI is InChI=1S/C19H17BrClN3O2/c1-13-6-2-5-9-17(13)26-12-18(25)22-19-15(20)11-24(23-19)10-14-7-3-4-8-16(14)21/h2-9,11H,10,12H2,1H3,(H,22,23,25). The molecule has 0 saturated carbocycles. The Morgan fingerprint density at radius 2 is 1.96 bits per heavy atom. The fraction of sp³-hybridized carbons (Fsp3) is 0.158. The molecule has 3 rings (SSSR count). The monoisotopic (exact) mass is 433 g/mol. The van der Waals surface area contributed by atoms with E-state index in [1.165, 1.54) is 0 Å². The predicted molar refractivity (Wildman–Crippen MR) is 106 cm³/mol. The molecule has 0 unspecified atom stereocenters. The lowest BCUT2D eigenvalue weighted by molar-refractivity contribution is -0.118. The van der Waals surface area contributed by atoms with Gasteiger partial charge in [0.05, 0.1) is 11.0 Å². The summed E-state index contributed by atoms with van der Waals surface area (Å²) < 4.78 is 7.95. The number of aromatic nitrogens is 2.